The van der Waals surface area contributed by atoms with Crippen molar-refractivity contribution in [1.29, 1.82) is 0 Å². The predicted molar refractivity (Wildman–Crippen MR) is 259 cm³/mol. The van der Waals surface area contributed by atoms with Gasteiger partial charge in [0.25, 0.3) is 0 Å². The Labute approximate surface area is 412 Å². The van der Waals surface area contributed by atoms with Crippen molar-refractivity contribution in [1.82, 2.24) is 31.9 Å². The van der Waals surface area contributed by atoms with E-state index in [0.717, 1.165) is 47.3 Å². The molecule has 2 fully saturated rings. The largest absolute Gasteiger partial charge is 0.449 e. The van der Waals surface area contributed by atoms with Gasteiger partial charge < -0.3 is 66.8 Å². The molecule has 1 aliphatic carbocycles. The summed E-state index contributed by atoms with van der Waals surface area (Å²) in [7, 11) is 0. The molecular weight excluding hydrogens is 927 g/mol. The van der Waals surface area contributed by atoms with Crippen molar-refractivity contribution < 1.29 is 62.0 Å². The highest BCUT2D eigenvalue weighted by atomic mass is 32.2. The smallest absolute Gasteiger partial charge is 0.407 e. The van der Waals surface area contributed by atoms with E-state index < -0.39 is 35.8 Å². The summed E-state index contributed by atoms with van der Waals surface area (Å²) in [5, 5.41) is 17.2. The Morgan fingerprint density at radius 3 is 2.03 bits per heavy atom. The first-order chi connectivity index (χ1) is 34.0. The first-order valence-electron chi connectivity index (χ1n) is 24.0. The lowest BCUT2D eigenvalue weighted by Crippen LogP contribution is -2.53. The molecule has 0 bridgehead atoms. The average Bonchev–Trinajstić information content (AvgIpc) is 4.01. The molecule has 2 aromatic rings. The minimum atomic E-state index is -1.24. The maximum absolute atomic E-state index is 13.5. The maximum Gasteiger partial charge on any atom is 0.407 e. The number of fused-ring (bicyclic) bond motifs is 4. The van der Waals surface area contributed by atoms with E-state index in [1.54, 1.807) is 0 Å². The Bertz CT molecular complexity index is 2060. The Kier molecular flexibility index (Phi) is 24.1. The van der Waals surface area contributed by atoms with Crippen molar-refractivity contribution in [2.45, 2.75) is 99.5 Å². The summed E-state index contributed by atoms with van der Waals surface area (Å²) in [4.78, 5) is 89.4. The van der Waals surface area contributed by atoms with Crippen LogP contribution in [0.1, 0.15) is 81.3 Å². The number of primary amides is 1. The topological polar surface area (TPSA) is 300 Å². The number of urea groups is 1. The molecule has 21 nitrogen and oxygen atoms in total. The molecule has 0 saturated carbocycles. The first-order valence-corrected chi connectivity index (χ1v) is 25.0. The van der Waals surface area contributed by atoms with E-state index in [1.165, 1.54) is 0 Å². The van der Waals surface area contributed by atoms with Gasteiger partial charge in [-0.2, -0.15) is 16.6 Å². The molecule has 3 aliphatic rings. The summed E-state index contributed by atoms with van der Waals surface area (Å²) < 4.78 is 27.7. The second-order valence-electron chi connectivity index (χ2n) is 17.0. The van der Waals surface area contributed by atoms with E-state index in [9.17, 15) is 33.6 Å². The number of ketones is 1. The fourth-order valence-electron chi connectivity index (χ4n) is 8.37. The Balaban J connectivity index is 0.870. The van der Waals surface area contributed by atoms with Crippen LogP contribution in [-0.2, 0) is 47.7 Å². The van der Waals surface area contributed by atoms with Crippen LogP contribution in [0.3, 0.4) is 0 Å². The van der Waals surface area contributed by atoms with E-state index in [2.05, 4.69) is 36.7 Å². The molecule has 5 atom stereocenters. The molecule has 0 radical (unpaired) electrons. The lowest BCUT2D eigenvalue weighted by molar-refractivity contribution is -0.129. The molecule has 0 aromatic heterocycles. The van der Waals surface area contributed by atoms with Crippen molar-refractivity contribution in [3.05, 3.63) is 65.2 Å². The molecule has 382 valence electrons. The molecule has 0 spiro atoms. The third-order valence-electron chi connectivity index (χ3n) is 12.0. The van der Waals surface area contributed by atoms with Gasteiger partial charge in [0, 0.05) is 49.3 Å². The SMILES string of the molecule is [N-]=[N+]=CC(=O)CC[C@H](NC(=O)[C@H](CCCCNC(=O)CCOCCOCCOCCOCCNC(=O)CCCC[C@@H]1SC[C@@H]2NC(=O)N[C@@H]21)NC(=O)OCC1c2ccccc2-c2ccccc21)C(N)=O. The summed E-state index contributed by atoms with van der Waals surface area (Å²) in [6.07, 6.45) is 3.75. The van der Waals surface area contributed by atoms with Gasteiger partial charge in [0.05, 0.1) is 64.9 Å². The van der Waals surface area contributed by atoms with Crippen molar-refractivity contribution in [2.24, 2.45) is 5.73 Å². The maximum atomic E-state index is 13.5. The highest BCUT2D eigenvalue weighted by Gasteiger charge is 2.42. The zero-order valence-electron chi connectivity index (χ0n) is 39.5. The van der Waals surface area contributed by atoms with Crippen LogP contribution in [0, 0.1) is 0 Å². The summed E-state index contributed by atoms with van der Waals surface area (Å²) in [6, 6.07) is 13.7. The molecule has 0 unspecified atom stereocenters. The van der Waals surface area contributed by atoms with E-state index in [1.807, 2.05) is 60.3 Å². The molecule has 5 rings (SSSR count). The molecule has 70 heavy (non-hydrogen) atoms. The second kappa shape index (κ2) is 30.7. The molecule has 7 amide bonds. The molecule has 2 saturated heterocycles. The third kappa shape index (κ3) is 18.8. The average molecular weight is 994 g/mol. The second-order valence-corrected chi connectivity index (χ2v) is 18.3. The third-order valence-corrected chi connectivity index (χ3v) is 13.5. The normalized spacial score (nSPS) is 17.4. The van der Waals surface area contributed by atoms with Crippen LogP contribution in [0.5, 0.6) is 0 Å². The van der Waals surface area contributed by atoms with Crippen LogP contribution in [0.2, 0.25) is 0 Å². The van der Waals surface area contributed by atoms with Crippen LogP contribution in [-0.4, -0.2) is 160 Å². The number of ether oxygens (including phenoxy) is 5. The number of benzene rings is 2. The van der Waals surface area contributed by atoms with Crippen molar-refractivity contribution in [3.63, 3.8) is 0 Å². The minimum absolute atomic E-state index is 0.00224. The number of carbonyl (C=O) groups is 7. The van der Waals surface area contributed by atoms with E-state index in [0.29, 0.717) is 90.1 Å². The van der Waals surface area contributed by atoms with Gasteiger partial charge in [-0.25, -0.2) is 9.59 Å². The fourth-order valence-corrected chi connectivity index (χ4v) is 9.91. The number of thioether (sulfide) groups is 1. The van der Waals surface area contributed by atoms with Gasteiger partial charge in [0.15, 0.2) is 0 Å². The number of alkyl carbamates (subject to hydrolysis) is 1. The Morgan fingerprint density at radius 1 is 0.729 bits per heavy atom. The van der Waals surface area contributed by atoms with Crippen molar-refractivity contribution in [2.75, 3.05) is 78.3 Å². The summed E-state index contributed by atoms with van der Waals surface area (Å²) in [5.74, 6) is -1.68. The van der Waals surface area contributed by atoms with Crippen LogP contribution < -0.4 is 37.6 Å². The summed E-state index contributed by atoms with van der Waals surface area (Å²) in [6.45, 7) is 3.46. The number of carbonyl (C=O) groups excluding carboxylic acids is 7. The first kappa shape index (κ1) is 55.0. The number of Topliss-reactive ketones (excluding diaryl/α,β-unsaturated/α-hetero) is 1. The van der Waals surface area contributed by atoms with Crippen molar-refractivity contribution >= 4 is 59.5 Å². The fraction of sp³-hybridized carbons (Fsp3) is 0.583. The number of nitrogens with two attached hydrogens (primary N) is 1. The molecule has 8 N–H and O–H groups in total. The molecular formula is C48H67N9O12S. The number of rotatable bonds is 35. The van der Waals surface area contributed by atoms with Crippen molar-refractivity contribution in [3.8, 4) is 11.1 Å². The van der Waals surface area contributed by atoms with E-state index in [4.69, 9.17) is 34.9 Å². The minimum Gasteiger partial charge on any atom is -0.449 e. The number of hydrogen-bond donors (Lipinski definition) is 7. The molecule has 22 heteroatoms. The number of amides is 7. The van der Waals surface area contributed by atoms with Crippen LogP contribution in [0.15, 0.2) is 48.5 Å². The summed E-state index contributed by atoms with van der Waals surface area (Å²) in [5.41, 5.74) is 18.3. The van der Waals surface area contributed by atoms with Gasteiger partial charge in [-0.1, -0.05) is 55.0 Å². The lowest BCUT2D eigenvalue weighted by atomic mass is 9.98. The van der Waals surface area contributed by atoms with E-state index in [-0.39, 0.29) is 74.7 Å². The number of nitrogens with zero attached hydrogens (tertiary/aromatic N) is 2. The van der Waals surface area contributed by atoms with Crippen LogP contribution in [0.25, 0.3) is 16.7 Å². The standard InChI is InChI=1S/C48H67N9O12S/c49-45(61)38(17-16-32(58)29-53-50)54-46(62)39(56-48(64)69-30-37-35-11-3-1-9-33(35)34-10-2-4-12-36(34)37)13-7-8-19-51-43(60)18-21-65-23-25-67-27-28-68-26-24-66-22-20-52-42(59)15-6-5-14-41-44-40(31-70-41)55-47(63)57-44/h1-4,9-12,29,37-41,44H,5-8,13-28,30-31H2,(H2,49,61)(H,51,60)(H,52,59)(H,54,62)(H,56,64)(H2,55,57,63)/t38-,39-,40-,41-,44-/m0/s1. The van der Waals surface area contributed by atoms with Gasteiger partial charge in [0.2, 0.25) is 29.4 Å². The van der Waals surface area contributed by atoms with E-state index >= 15 is 0 Å². The quantitative estimate of drug-likeness (QED) is 0.0171. The Morgan fingerprint density at radius 2 is 1.36 bits per heavy atom. The highest BCUT2D eigenvalue weighted by molar-refractivity contribution is 8.00. The highest BCUT2D eigenvalue weighted by Crippen LogP contribution is 2.44. The van der Waals surface area contributed by atoms with Gasteiger partial charge in [-0.05, 0) is 60.8 Å². The van der Waals surface area contributed by atoms with Gasteiger partial charge in [0.1, 0.15) is 18.7 Å². The van der Waals surface area contributed by atoms with Gasteiger partial charge in [-0.15, -0.1) is 0 Å². The molecule has 2 aliphatic heterocycles. The van der Waals surface area contributed by atoms with Crippen LogP contribution in [0.4, 0.5) is 9.59 Å². The van der Waals surface area contributed by atoms with Crippen LogP contribution >= 0.6 is 11.8 Å². The predicted octanol–water partition coefficient (Wildman–Crippen LogP) is 2.10. The molecule has 2 aromatic carbocycles. The van der Waals surface area contributed by atoms with Gasteiger partial charge >= 0.3 is 18.3 Å². The van der Waals surface area contributed by atoms with Gasteiger partial charge in [-0.3, -0.25) is 24.0 Å². The number of nitrogens with one attached hydrogen (secondary N) is 6. The zero-order chi connectivity index (χ0) is 49.9. The molecule has 2 heterocycles. The zero-order valence-corrected chi connectivity index (χ0v) is 40.3. The monoisotopic (exact) mass is 993 g/mol. The Hall–Kier alpha value is -5.90. The number of hydrogen-bond acceptors (Lipinski definition) is 13. The summed E-state index contributed by atoms with van der Waals surface area (Å²) >= 11 is 1.88. The number of unbranched alkanes of at least 4 members (excludes halogenated alkanes) is 2. The lowest BCUT2D eigenvalue weighted by Gasteiger charge is -2.22.